The molecule has 1 aromatic carbocycles. The van der Waals surface area contributed by atoms with E-state index in [1.165, 1.54) is 18.5 Å². The van der Waals surface area contributed by atoms with Crippen molar-refractivity contribution >= 4 is 6.29 Å². The number of nitrogens with zero attached hydrogens (tertiary/aromatic N) is 1. The summed E-state index contributed by atoms with van der Waals surface area (Å²) in [5.74, 6) is 1.36. The van der Waals surface area contributed by atoms with Crippen LogP contribution < -0.4 is 10.1 Å². The lowest BCUT2D eigenvalue weighted by molar-refractivity contribution is 0.110. The summed E-state index contributed by atoms with van der Waals surface area (Å²) in [5, 5.41) is 13.6. The number of allylic oxidation sites excluding steroid dienone is 1. The summed E-state index contributed by atoms with van der Waals surface area (Å²) >= 11 is 0. The number of carbonyl (C=O) groups is 1. The lowest BCUT2D eigenvalue weighted by Crippen LogP contribution is -2.42. The molecule has 5 heteroatoms. The van der Waals surface area contributed by atoms with E-state index in [1.54, 1.807) is 19.1 Å². The molecule has 1 fully saturated rings. The number of nitrogens with one attached hydrogen (secondary N) is 1. The first-order valence-corrected chi connectivity index (χ1v) is 10.1. The van der Waals surface area contributed by atoms with E-state index in [0.717, 1.165) is 12.8 Å². The van der Waals surface area contributed by atoms with Gasteiger partial charge in [0.2, 0.25) is 0 Å². The second-order valence-corrected chi connectivity index (χ2v) is 8.14. The van der Waals surface area contributed by atoms with Crippen molar-refractivity contribution in [3.8, 4) is 11.5 Å². The van der Waals surface area contributed by atoms with Crippen LogP contribution in [-0.4, -0.2) is 35.1 Å². The summed E-state index contributed by atoms with van der Waals surface area (Å²) in [6.45, 7) is 9.01. The molecule has 2 N–H and O–H groups in total. The van der Waals surface area contributed by atoms with Crippen LogP contribution in [0.3, 0.4) is 0 Å². The fourth-order valence-corrected chi connectivity index (χ4v) is 4.56. The molecular weight excluding hydrogens is 340 g/mol. The molecule has 0 bridgehead atoms. The number of aromatic hydroxyl groups is 1. The van der Waals surface area contributed by atoms with Gasteiger partial charge in [0, 0.05) is 29.8 Å². The Labute approximate surface area is 162 Å². The van der Waals surface area contributed by atoms with E-state index in [2.05, 4.69) is 37.2 Å². The molecule has 3 atom stereocenters. The summed E-state index contributed by atoms with van der Waals surface area (Å²) in [6.07, 6.45) is 7.92. The second-order valence-electron chi connectivity index (χ2n) is 8.14. The summed E-state index contributed by atoms with van der Waals surface area (Å²) in [6, 6.07) is 4.03. The van der Waals surface area contributed by atoms with E-state index in [9.17, 15) is 9.90 Å². The van der Waals surface area contributed by atoms with Crippen LogP contribution in [0.2, 0.25) is 0 Å². The Morgan fingerprint density at radius 2 is 2.07 bits per heavy atom. The first-order chi connectivity index (χ1) is 12.9. The average Bonchev–Trinajstić information content (AvgIpc) is 3.04. The number of hydrogen-bond acceptors (Lipinski definition) is 5. The molecule has 0 saturated heterocycles. The Morgan fingerprint density at radius 1 is 1.33 bits per heavy atom. The molecule has 27 heavy (non-hydrogen) atoms. The fraction of sp³-hybridized carbons (Fsp3) is 0.591. The first-order valence-electron chi connectivity index (χ1n) is 10.1. The third kappa shape index (κ3) is 3.92. The van der Waals surface area contributed by atoms with Crippen LogP contribution in [0.5, 0.6) is 11.5 Å². The molecular formula is C22H32N2O3. The van der Waals surface area contributed by atoms with Gasteiger partial charge in [-0.1, -0.05) is 18.9 Å². The van der Waals surface area contributed by atoms with Crippen LogP contribution in [0.15, 0.2) is 24.0 Å². The molecule has 1 aliphatic heterocycles. The van der Waals surface area contributed by atoms with Crippen molar-refractivity contribution < 1.29 is 14.6 Å². The maximum Gasteiger partial charge on any atom is 0.157 e. The predicted molar refractivity (Wildman–Crippen MR) is 107 cm³/mol. The van der Waals surface area contributed by atoms with Crippen molar-refractivity contribution in [3.05, 3.63) is 35.2 Å². The molecule has 5 nitrogen and oxygen atoms in total. The SMILES string of the molecule is Cc1ccc(OCC2CCCCC2C2=CN[C@H](C)N2C(C)C)c(C=O)c1O. The molecule has 0 radical (unpaired) electrons. The van der Waals surface area contributed by atoms with Crippen molar-refractivity contribution in [3.63, 3.8) is 0 Å². The van der Waals surface area contributed by atoms with Gasteiger partial charge in [0.15, 0.2) is 6.29 Å². The summed E-state index contributed by atoms with van der Waals surface area (Å²) < 4.78 is 6.06. The highest BCUT2D eigenvalue weighted by Crippen LogP contribution is 2.40. The molecule has 3 rings (SSSR count). The maximum absolute atomic E-state index is 11.4. The molecule has 1 saturated carbocycles. The number of carbonyl (C=O) groups excluding carboxylic acids is 1. The van der Waals surface area contributed by atoms with Gasteiger partial charge in [0.05, 0.1) is 18.3 Å². The zero-order chi connectivity index (χ0) is 19.6. The minimum atomic E-state index is 0.0187. The maximum atomic E-state index is 11.4. The lowest BCUT2D eigenvalue weighted by atomic mass is 9.77. The Morgan fingerprint density at radius 3 is 2.78 bits per heavy atom. The van der Waals surface area contributed by atoms with Crippen LogP contribution in [-0.2, 0) is 0 Å². The van der Waals surface area contributed by atoms with Gasteiger partial charge in [0.1, 0.15) is 11.5 Å². The number of rotatable bonds is 6. The van der Waals surface area contributed by atoms with Crippen LogP contribution in [0.4, 0.5) is 0 Å². The molecule has 0 spiro atoms. The number of aldehydes is 1. The normalized spacial score (nSPS) is 25.3. The van der Waals surface area contributed by atoms with Gasteiger partial charge in [0.25, 0.3) is 0 Å². The summed E-state index contributed by atoms with van der Waals surface area (Å²) in [5.41, 5.74) is 2.32. The van der Waals surface area contributed by atoms with Gasteiger partial charge in [-0.05, 0) is 52.2 Å². The molecule has 1 aromatic rings. The number of aryl methyl sites for hydroxylation is 1. The molecule has 148 valence electrons. The zero-order valence-corrected chi connectivity index (χ0v) is 16.9. The minimum Gasteiger partial charge on any atom is -0.507 e. The third-order valence-corrected chi connectivity index (χ3v) is 5.98. The highest BCUT2D eigenvalue weighted by molar-refractivity contribution is 5.84. The van der Waals surface area contributed by atoms with Crippen LogP contribution >= 0.6 is 0 Å². The largest absolute Gasteiger partial charge is 0.507 e. The van der Waals surface area contributed by atoms with Gasteiger partial charge in [-0.15, -0.1) is 0 Å². The van der Waals surface area contributed by atoms with Crippen molar-refractivity contribution in [1.82, 2.24) is 10.2 Å². The molecule has 2 unspecified atom stereocenters. The van der Waals surface area contributed by atoms with Crippen molar-refractivity contribution in [2.24, 2.45) is 11.8 Å². The van der Waals surface area contributed by atoms with E-state index < -0.39 is 0 Å². The van der Waals surface area contributed by atoms with E-state index in [4.69, 9.17) is 4.74 Å². The highest BCUT2D eigenvalue weighted by atomic mass is 16.5. The van der Waals surface area contributed by atoms with Gasteiger partial charge in [-0.2, -0.15) is 0 Å². The van der Waals surface area contributed by atoms with E-state index in [1.807, 2.05) is 0 Å². The van der Waals surface area contributed by atoms with Crippen molar-refractivity contribution in [2.45, 2.75) is 65.6 Å². The van der Waals surface area contributed by atoms with Crippen LogP contribution in [0.25, 0.3) is 0 Å². The van der Waals surface area contributed by atoms with E-state index in [-0.39, 0.29) is 11.3 Å². The molecule has 1 heterocycles. The Kier molecular flexibility index (Phi) is 5.98. The Bertz CT molecular complexity index is 714. The number of hydrogen-bond donors (Lipinski definition) is 2. The average molecular weight is 373 g/mol. The highest BCUT2D eigenvalue weighted by Gasteiger charge is 2.36. The lowest BCUT2D eigenvalue weighted by Gasteiger charge is -2.39. The summed E-state index contributed by atoms with van der Waals surface area (Å²) in [4.78, 5) is 13.9. The van der Waals surface area contributed by atoms with Crippen LogP contribution in [0.1, 0.15) is 62.4 Å². The topological polar surface area (TPSA) is 61.8 Å². The quantitative estimate of drug-likeness (QED) is 0.733. The van der Waals surface area contributed by atoms with Gasteiger partial charge in [-0.3, -0.25) is 4.79 Å². The fourth-order valence-electron chi connectivity index (χ4n) is 4.56. The zero-order valence-electron chi connectivity index (χ0n) is 16.9. The van der Waals surface area contributed by atoms with Gasteiger partial charge >= 0.3 is 0 Å². The number of phenolic OH excluding ortho intramolecular Hbond substituents is 1. The number of phenols is 1. The first kappa shape index (κ1) is 19.6. The number of ether oxygens (including phenoxy) is 1. The second kappa shape index (κ2) is 8.24. The van der Waals surface area contributed by atoms with Gasteiger partial charge in [-0.25, -0.2) is 0 Å². The predicted octanol–water partition coefficient (Wildman–Crippen LogP) is 4.20. The van der Waals surface area contributed by atoms with Crippen molar-refractivity contribution in [1.29, 1.82) is 0 Å². The number of benzene rings is 1. The smallest absolute Gasteiger partial charge is 0.157 e. The standard InChI is InChI=1S/C22H32N2O3/c1-14(2)24-16(4)23-11-20(24)18-8-6-5-7-17(18)13-27-21-10-9-15(3)22(26)19(21)12-25/h9-12,14,16-18,23,26H,5-8,13H2,1-4H3/t16-,17?,18?/m0/s1. The monoisotopic (exact) mass is 372 g/mol. The summed E-state index contributed by atoms with van der Waals surface area (Å²) in [7, 11) is 0. The minimum absolute atomic E-state index is 0.0187. The van der Waals surface area contributed by atoms with E-state index in [0.29, 0.717) is 48.2 Å². The van der Waals surface area contributed by atoms with Gasteiger partial charge < -0.3 is 20.1 Å². The molecule has 2 aliphatic rings. The molecule has 1 aliphatic carbocycles. The Balaban J connectivity index is 1.76. The Hall–Kier alpha value is -2.17. The van der Waals surface area contributed by atoms with Crippen molar-refractivity contribution in [2.75, 3.05) is 6.61 Å². The molecule has 0 amide bonds. The molecule has 0 aromatic heterocycles. The van der Waals surface area contributed by atoms with Crippen LogP contribution in [0, 0.1) is 18.8 Å². The van der Waals surface area contributed by atoms with E-state index >= 15 is 0 Å². The third-order valence-electron chi connectivity index (χ3n) is 5.98.